The molecule has 26 heteroatoms. The molecular weight excluding hydrogens is 933 g/mol. The highest BCUT2D eigenvalue weighted by Gasteiger charge is 2.34. The highest BCUT2D eigenvalue weighted by molar-refractivity contribution is 5.97. The molecule has 404 valence electrons. The van der Waals surface area contributed by atoms with Crippen molar-refractivity contribution in [1.82, 2.24) is 36.9 Å². The first-order chi connectivity index (χ1) is 34.4. The van der Waals surface area contributed by atoms with Gasteiger partial charge in [0.25, 0.3) is 0 Å². The number of carboxylic acids is 1. The van der Waals surface area contributed by atoms with Gasteiger partial charge >= 0.3 is 5.97 Å². The van der Waals surface area contributed by atoms with Gasteiger partial charge in [0.05, 0.1) is 6.04 Å². The van der Waals surface area contributed by atoms with Crippen LogP contribution in [0, 0.1) is 0 Å². The van der Waals surface area contributed by atoms with E-state index in [1.54, 1.807) is 6.20 Å². The summed E-state index contributed by atoms with van der Waals surface area (Å²) in [6, 6.07) is -1.20. The smallest absolute Gasteiger partial charge is 0.326 e. The number of carbonyl (C=O) groups excluding carboxylic acids is 6. The third-order valence-corrected chi connectivity index (χ3v) is 11.7. The van der Waals surface area contributed by atoms with E-state index in [0.29, 0.717) is 70.0 Å². The zero-order valence-electron chi connectivity index (χ0n) is 41.4. The minimum atomic E-state index is -1.34. The van der Waals surface area contributed by atoms with Crippen LogP contribution in [0.25, 0.3) is 10.9 Å². The van der Waals surface area contributed by atoms with Gasteiger partial charge in [0.15, 0.2) is 11.9 Å². The number of nitrogens with two attached hydrogens (primary N) is 9. The van der Waals surface area contributed by atoms with Gasteiger partial charge in [0.2, 0.25) is 35.4 Å². The Balaban J connectivity index is 2.51. The number of nitrogens with zero attached hydrogens (tertiary/aromatic N) is 2. The summed E-state index contributed by atoms with van der Waals surface area (Å²) in [4.78, 5) is 107. The number of aliphatic carboxylic acids is 1. The number of aliphatic imine (C=N–C) groups is 2. The predicted molar refractivity (Wildman–Crippen MR) is 276 cm³/mol. The van der Waals surface area contributed by atoms with Crippen LogP contribution in [0.5, 0.6) is 0 Å². The molecule has 2 rings (SSSR count). The van der Waals surface area contributed by atoms with Crippen molar-refractivity contribution in [3.8, 4) is 0 Å². The zero-order valence-corrected chi connectivity index (χ0v) is 41.4. The van der Waals surface area contributed by atoms with E-state index in [4.69, 9.17) is 51.6 Å². The molecule has 2 aromatic rings. The van der Waals surface area contributed by atoms with Crippen LogP contribution in [0.4, 0.5) is 0 Å². The van der Waals surface area contributed by atoms with Crippen LogP contribution in [0.1, 0.15) is 102 Å². The maximum atomic E-state index is 14.5. The van der Waals surface area contributed by atoms with E-state index in [0.717, 1.165) is 10.9 Å². The second kappa shape index (κ2) is 34.7. The fourth-order valence-corrected chi connectivity index (χ4v) is 7.66. The van der Waals surface area contributed by atoms with Crippen LogP contribution in [-0.2, 0) is 40.0 Å². The topological polar surface area (TPSA) is 487 Å². The Morgan fingerprint density at radius 2 is 0.861 bits per heavy atom. The molecule has 26 nitrogen and oxygen atoms in total. The summed E-state index contributed by atoms with van der Waals surface area (Å²) in [6.07, 6.45) is 5.87. The maximum absolute atomic E-state index is 14.5. The molecule has 1 aromatic heterocycles. The number of amides is 6. The summed E-state index contributed by atoms with van der Waals surface area (Å²) >= 11 is 0. The first-order valence-corrected chi connectivity index (χ1v) is 24.7. The van der Waals surface area contributed by atoms with E-state index in [1.165, 1.54) is 0 Å². The number of carboxylic acid groups (broad SMARTS) is 1. The van der Waals surface area contributed by atoms with Gasteiger partial charge in [-0.1, -0.05) is 18.2 Å². The molecule has 0 aliphatic heterocycles. The number of rotatable bonds is 38. The van der Waals surface area contributed by atoms with E-state index < -0.39 is 83.7 Å². The van der Waals surface area contributed by atoms with E-state index in [2.05, 4.69) is 46.9 Å². The molecule has 1 aromatic carbocycles. The van der Waals surface area contributed by atoms with Gasteiger partial charge in [0, 0.05) is 36.6 Å². The van der Waals surface area contributed by atoms with Gasteiger partial charge in [-0.15, -0.1) is 0 Å². The Morgan fingerprint density at radius 1 is 0.486 bits per heavy atom. The second-order valence-corrected chi connectivity index (χ2v) is 17.6. The first kappa shape index (κ1) is 61.5. The number of hydrogen-bond donors (Lipinski definition) is 17. The SMILES string of the molecule is NCCCC[C@H](NC(=O)[C@H](CCCCN)NC(=O)[C@H](Cc1c[nH]c2ccccc12)NC(=O)[C@H](CCCCN)NC(=O)[C@H](CCCN=C(N)N)NC(=O)[C@H](CCCN)NC(=O)[C@@H](N)CCCN=C(N)N)C(=O)O. The molecule has 0 fully saturated rings. The Kier molecular flexibility index (Phi) is 29.6. The number of carbonyl (C=O) groups is 7. The predicted octanol–water partition coefficient (Wildman–Crippen LogP) is -3.74. The molecule has 26 N–H and O–H groups in total. The van der Waals surface area contributed by atoms with E-state index in [1.807, 2.05) is 24.3 Å². The van der Waals surface area contributed by atoms with Crippen molar-refractivity contribution in [2.45, 2.75) is 145 Å². The molecule has 0 radical (unpaired) electrons. The van der Waals surface area contributed by atoms with E-state index in [9.17, 15) is 38.7 Å². The molecular formula is C46H82N18O8. The summed E-state index contributed by atoms with van der Waals surface area (Å²) in [7, 11) is 0. The molecule has 72 heavy (non-hydrogen) atoms. The standard InChI is InChI=1S/C46H82N18O8/c47-20-6-3-15-32(41(68)63-36(44(71)72)17-5-8-22-49)62-43(70)37(26-28-27-58-31-14-2-1-12-29(28)31)64-42(69)33(16-4-7-21-48)60-40(67)35(19-11-25-57-46(54)55)61-39(66)34(18-9-23-50)59-38(65)30(51)13-10-24-56-45(52)53/h1-2,12,14,27,30,32-37,58H,3-11,13,15-26,47-51H2,(H,59,65)(H,60,67)(H,61,66)(H,62,70)(H,63,68)(H,64,69)(H,71,72)(H4,52,53,56)(H4,54,55,57)/t30-,32-,33-,34-,35-,36-,37-/m0/s1. The summed E-state index contributed by atoms with van der Waals surface area (Å²) in [5.74, 6) is -5.91. The highest BCUT2D eigenvalue weighted by Crippen LogP contribution is 2.20. The highest BCUT2D eigenvalue weighted by atomic mass is 16.4. The lowest BCUT2D eigenvalue weighted by Crippen LogP contribution is -2.60. The Labute approximate surface area is 420 Å². The van der Waals surface area contributed by atoms with Gasteiger partial charge < -0.3 is 93.6 Å². The van der Waals surface area contributed by atoms with Crippen molar-refractivity contribution in [2.75, 3.05) is 39.3 Å². The Hall–Kier alpha value is -6.61. The number of H-pyrrole nitrogens is 1. The second-order valence-electron chi connectivity index (χ2n) is 17.6. The quantitative estimate of drug-likeness (QED) is 0.0175. The van der Waals surface area contributed by atoms with E-state index >= 15 is 0 Å². The Morgan fingerprint density at radius 3 is 1.32 bits per heavy atom. The molecule has 0 saturated heterocycles. The number of guanidine groups is 2. The summed E-state index contributed by atoms with van der Waals surface area (Å²) < 4.78 is 0. The minimum absolute atomic E-state index is 0.0116. The fraction of sp³-hybridized carbons (Fsp3) is 0.630. The van der Waals surface area contributed by atoms with Crippen molar-refractivity contribution >= 4 is 64.2 Å². The van der Waals surface area contributed by atoms with Gasteiger partial charge in [-0.05, 0) is 134 Å². The minimum Gasteiger partial charge on any atom is -0.480 e. The average molecular weight is 1020 g/mol. The number of unbranched alkanes of at least 4 members (excludes halogenated alkanes) is 3. The van der Waals surface area contributed by atoms with Crippen LogP contribution < -0.4 is 83.5 Å². The summed E-state index contributed by atoms with van der Waals surface area (Å²) in [5, 5.41) is 26.9. The number of para-hydroxylation sites is 1. The van der Waals surface area contributed by atoms with Crippen LogP contribution in [0.15, 0.2) is 40.4 Å². The van der Waals surface area contributed by atoms with Crippen molar-refractivity contribution in [2.24, 2.45) is 61.6 Å². The largest absolute Gasteiger partial charge is 0.480 e. The number of aromatic nitrogens is 1. The zero-order chi connectivity index (χ0) is 53.4. The molecule has 0 aliphatic carbocycles. The molecule has 1 heterocycles. The molecule has 0 spiro atoms. The van der Waals surface area contributed by atoms with Crippen molar-refractivity contribution in [3.05, 3.63) is 36.0 Å². The van der Waals surface area contributed by atoms with Crippen molar-refractivity contribution < 1.29 is 38.7 Å². The molecule has 0 bridgehead atoms. The molecule has 0 aliphatic rings. The van der Waals surface area contributed by atoms with Crippen LogP contribution >= 0.6 is 0 Å². The summed E-state index contributed by atoms with van der Waals surface area (Å²) in [5.41, 5.74) is 52.3. The number of aromatic amines is 1. The first-order valence-electron chi connectivity index (χ1n) is 24.7. The summed E-state index contributed by atoms with van der Waals surface area (Å²) in [6.45, 7) is 1.44. The number of hydrogen-bond acceptors (Lipinski definition) is 14. The van der Waals surface area contributed by atoms with E-state index in [-0.39, 0.29) is 89.5 Å². The fourth-order valence-electron chi connectivity index (χ4n) is 7.66. The number of benzene rings is 1. The monoisotopic (exact) mass is 1010 g/mol. The lowest BCUT2D eigenvalue weighted by Gasteiger charge is -2.28. The third kappa shape index (κ3) is 23.5. The van der Waals surface area contributed by atoms with Crippen LogP contribution in [0.2, 0.25) is 0 Å². The third-order valence-electron chi connectivity index (χ3n) is 11.7. The van der Waals surface area contributed by atoms with Crippen LogP contribution in [-0.4, -0.2) is 145 Å². The molecule has 6 amide bonds. The van der Waals surface area contributed by atoms with Gasteiger partial charge in [-0.2, -0.15) is 0 Å². The van der Waals surface area contributed by atoms with Crippen molar-refractivity contribution in [3.63, 3.8) is 0 Å². The maximum Gasteiger partial charge on any atom is 0.326 e. The van der Waals surface area contributed by atoms with Gasteiger partial charge in [-0.25, -0.2) is 4.79 Å². The van der Waals surface area contributed by atoms with Crippen LogP contribution in [0.3, 0.4) is 0 Å². The Bertz CT molecular complexity index is 2060. The van der Waals surface area contributed by atoms with Gasteiger partial charge in [-0.3, -0.25) is 38.8 Å². The number of nitrogens with one attached hydrogen (secondary N) is 7. The average Bonchev–Trinajstić information content (AvgIpc) is 3.75. The van der Waals surface area contributed by atoms with Crippen molar-refractivity contribution in [1.29, 1.82) is 0 Å². The number of fused-ring (bicyclic) bond motifs is 1. The lowest BCUT2D eigenvalue weighted by atomic mass is 10.0. The van der Waals surface area contributed by atoms with Gasteiger partial charge in [0.1, 0.15) is 36.3 Å². The molecule has 0 saturated carbocycles. The molecule has 0 unspecified atom stereocenters. The normalized spacial score (nSPS) is 14.0. The molecule has 7 atom stereocenters. The lowest BCUT2D eigenvalue weighted by molar-refractivity contribution is -0.142.